The Bertz CT molecular complexity index is 1250. The highest BCUT2D eigenvalue weighted by molar-refractivity contribution is 6.54. The van der Waals surface area contributed by atoms with Gasteiger partial charge in [0.15, 0.2) is 0 Å². The Kier molecular flexibility index (Phi) is 7.53. The predicted octanol–water partition coefficient (Wildman–Crippen LogP) is 7.15. The summed E-state index contributed by atoms with van der Waals surface area (Å²) in [6.45, 7) is 0.297. The van der Waals surface area contributed by atoms with Crippen LogP contribution in [0.15, 0.2) is 54.9 Å². The number of amides is 2. The summed E-state index contributed by atoms with van der Waals surface area (Å²) in [5.41, 5.74) is 2.05. The standard InChI is InChI=1S/C23H15Cl6N3O2/c24-15-2-1-13(9-14(15)21(33)31-10-11-3-5-30-6-4-11)32-22(34)19-18(23(19,28)29)12-7-16(25)20(27)17(26)8-12/h1-9,18-19H,10H2,(H,31,33)(H,32,34). The summed E-state index contributed by atoms with van der Waals surface area (Å²) in [5, 5.41) is 6.45. The summed E-state index contributed by atoms with van der Waals surface area (Å²) >= 11 is 37.3. The van der Waals surface area contributed by atoms with Crippen LogP contribution in [-0.4, -0.2) is 21.1 Å². The average Bonchev–Trinajstić information content (AvgIpc) is 3.39. The molecule has 3 aromatic rings. The van der Waals surface area contributed by atoms with Crippen molar-refractivity contribution < 1.29 is 9.59 Å². The van der Waals surface area contributed by atoms with Gasteiger partial charge in [-0.05, 0) is 53.6 Å². The van der Waals surface area contributed by atoms with Crippen molar-refractivity contribution >= 4 is 87.1 Å². The van der Waals surface area contributed by atoms with Crippen LogP contribution >= 0.6 is 69.6 Å². The lowest BCUT2D eigenvalue weighted by atomic mass is 10.1. The van der Waals surface area contributed by atoms with E-state index in [1.54, 1.807) is 42.7 Å². The number of alkyl halides is 2. The van der Waals surface area contributed by atoms with Crippen molar-refractivity contribution in [2.24, 2.45) is 5.92 Å². The Morgan fingerprint density at radius 3 is 2.21 bits per heavy atom. The van der Waals surface area contributed by atoms with Crippen LogP contribution in [0.4, 0.5) is 5.69 Å². The Hall–Kier alpha value is -1.73. The number of carbonyl (C=O) groups is 2. The number of nitrogens with zero attached hydrogens (tertiary/aromatic N) is 1. The third-order valence-corrected chi connectivity index (χ3v) is 7.85. The molecule has 0 spiro atoms. The van der Waals surface area contributed by atoms with E-state index in [2.05, 4.69) is 15.6 Å². The molecule has 0 radical (unpaired) electrons. The number of hydrogen-bond donors (Lipinski definition) is 2. The van der Waals surface area contributed by atoms with Gasteiger partial charge in [-0.25, -0.2) is 0 Å². The molecule has 2 N–H and O–H groups in total. The number of aromatic nitrogens is 1. The molecule has 2 amide bonds. The normalized spacial score (nSPS) is 18.3. The fourth-order valence-corrected chi connectivity index (χ4v) is 5.24. The van der Waals surface area contributed by atoms with Gasteiger partial charge < -0.3 is 10.6 Å². The molecule has 1 saturated carbocycles. The van der Waals surface area contributed by atoms with Gasteiger partial charge in [-0.1, -0.05) is 46.4 Å². The van der Waals surface area contributed by atoms with Crippen LogP contribution < -0.4 is 10.6 Å². The first kappa shape index (κ1) is 25.4. The molecule has 0 saturated heterocycles. The quantitative estimate of drug-likeness (QED) is 0.241. The van der Waals surface area contributed by atoms with Gasteiger partial charge >= 0.3 is 0 Å². The van der Waals surface area contributed by atoms with Gasteiger partial charge in [0.1, 0.15) is 4.33 Å². The summed E-state index contributed by atoms with van der Waals surface area (Å²) < 4.78 is -1.36. The van der Waals surface area contributed by atoms with E-state index in [0.29, 0.717) is 17.8 Å². The summed E-state index contributed by atoms with van der Waals surface area (Å²) in [4.78, 5) is 29.6. The van der Waals surface area contributed by atoms with E-state index in [1.807, 2.05) is 0 Å². The molecule has 0 aliphatic heterocycles. The highest BCUT2D eigenvalue weighted by atomic mass is 35.5. The minimum atomic E-state index is -1.36. The lowest BCUT2D eigenvalue weighted by molar-refractivity contribution is -0.117. The molecule has 1 fully saturated rings. The van der Waals surface area contributed by atoms with Crippen LogP contribution in [0, 0.1) is 5.92 Å². The Morgan fingerprint density at radius 2 is 1.56 bits per heavy atom. The maximum atomic E-state index is 13.0. The Balaban J connectivity index is 1.47. The molecule has 11 heteroatoms. The average molecular weight is 578 g/mol. The zero-order chi connectivity index (χ0) is 24.6. The number of anilines is 1. The number of carbonyl (C=O) groups excluding carboxylic acids is 2. The number of benzene rings is 2. The SMILES string of the molecule is O=C(NCc1ccncc1)c1cc(NC(=O)C2C(c3cc(Cl)c(Cl)c(Cl)c3)C2(Cl)Cl)ccc1Cl. The van der Waals surface area contributed by atoms with E-state index in [0.717, 1.165) is 5.56 Å². The first-order chi connectivity index (χ1) is 16.1. The second-order valence-corrected chi connectivity index (χ2v) is 10.7. The largest absolute Gasteiger partial charge is 0.348 e. The van der Waals surface area contributed by atoms with Crippen molar-refractivity contribution in [3.05, 3.63) is 91.6 Å². The minimum absolute atomic E-state index is 0.208. The lowest BCUT2D eigenvalue weighted by Gasteiger charge is -2.10. The number of halogens is 6. The van der Waals surface area contributed by atoms with Crippen molar-refractivity contribution in [1.82, 2.24) is 10.3 Å². The Labute approximate surface area is 225 Å². The summed E-state index contributed by atoms with van der Waals surface area (Å²) in [7, 11) is 0. The maximum Gasteiger partial charge on any atom is 0.253 e. The van der Waals surface area contributed by atoms with E-state index in [1.165, 1.54) is 12.1 Å². The Morgan fingerprint density at radius 1 is 0.912 bits per heavy atom. The van der Waals surface area contributed by atoms with E-state index in [-0.39, 0.29) is 25.7 Å². The van der Waals surface area contributed by atoms with Crippen LogP contribution in [0.2, 0.25) is 20.1 Å². The molecule has 2 aromatic carbocycles. The first-order valence-corrected chi connectivity index (χ1v) is 12.2. The van der Waals surface area contributed by atoms with Gasteiger partial charge in [-0.3, -0.25) is 14.6 Å². The molecule has 4 rings (SSSR count). The number of pyridine rings is 1. The van der Waals surface area contributed by atoms with Gasteiger partial charge in [0.25, 0.3) is 5.91 Å². The molecular weight excluding hydrogens is 563 g/mol. The van der Waals surface area contributed by atoms with Crippen LogP contribution in [0.3, 0.4) is 0 Å². The minimum Gasteiger partial charge on any atom is -0.348 e. The number of nitrogens with one attached hydrogen (secondary N) is 2. The van der Waals surface area contributed by atoms with Crippen LogP contribution in [0.25, 0.3) is 0 Å². The molecule has 34 heavy (non-hydrogen) atoms. The fourth-order valence-electron chi connectivity index (χ4n) is 3.60. The summed E-state index contributed by atoms with van der Waals surface area (Å²) in [6.07, 6.45) is 3.27. The van der Waals surface area contributed by atoms with Crippen molar-refractivity contribution in [2.75, 3.05) is 5.32 Å². The molecule has 1 aliphatic rings. The number of rotatable bonds is 6. The van der Waals surface area contributed by atoms with Crippen molar-refractivity contribution in [3.8, 4) is 0 Å². The van der Waals surface area contributed by atoms with Crippen molar-refractivity contribution in [3.63, 3.8) is 0 Å². The predicted molar refractivity (Wildman–Crippen MR) is 138 cm³/mol. The topological polar surface area (TPSA) is 71.1 Å². The summed E-state index contributed by atoms with van der Waals surface area (Å²) in [5.74, 6) is -2.14. The van der Waals surface area contributed by atoms with Gasteiger partial charge in [-0.2, -0.15) is 0 Å². The zero-order valence-electron chi connectivity index (χ0n) is 17.1. The molecule has 1 heterocycles. The summed E-state index contributed by atoms with van der Waals surface area (Å²) in [6, 6.07) is 11.3. The third kappa shape index (κ3) is 5.25. The molecule has 0 bridgehead atoms. The van der Waals surface area contributed by atoms with E-state index in [9.17, 15) is 9.59 Å². The first-order valence-electron chi connectivity index (χ1n) is 9.89. The maximum absolute atomic E-state index is 13.0. The van der Waals surface area contributed by atoms with Crippen molar-refractivity contribution in [1.29, 1.82) is 0 Å². The zero-order valence-corrected chi connectivity index (χ0v) is 21.6. The highest BCUT2D eigenvalue weighted by Crippen LogP contribution is 2.65. The smallest absolute Gasteiger partial charge is 0.253 e. The lowest BCUT2D eigenvalue weighted by Crippen LogP contribution is -2.23. The number of hydrogen-bond acceptors (Lipinski definition) is 3. The van der Waals surface area contributed by atoms with Gasteiger partial charge in [0.05, 0.1) is 31.6 Å². The molecule has 176 valence electrons. The third-order valence-electron chi connectivity index (χ3n) is 5.38. The fraction of sp³-hybridized carbons (Fsp3) is 0.174. The van der Waals surface area contributed by atoms with Gasteiger partial charge in [0.2, 0.25) is 5.91 Å². The molecule has 1 aliphatic carbocycles. The van der Waals surface area contributed by atoms with Gasteiger partial charge in [-0.15, -0.1) is 23.2 Å². The van der Waals surface area contributed by atoms with E-state index >= 15 is 0 Å². The van der Waals surface area contributed by atoms with E-state index < -0.39 is 28.0 Å². The second kappa shape index (κ2) is 10.1. The van der Waals surface area contributed by atoms with Crippen molar-refractivity contribution in [2.45, 2.75) is 16.8 Å². The van der Waals surface area contributed by atoms with Crippen LogP contribution in [-0.2, 0) is 11.3 Å². The van der Waals surface area contributed by atoms with Crippen LogP contribution in [0.5, 0.6) is 0 Å². The monoisotopic (exact) mass is 575 g/mol. The molecule has 1 aromatic heterocycles. The molecule has 2 unspecified atom stereocenters. The highest BCUT2D eigenvalue weighted by Gasteiger charge is 2.67. The second-order valence-electron chi connectivity index (χ2n) is 7.65. The van der Waals surface area contributed by atoms with Crippen LogP contribution in [0.1, 0.15) is 27.4 Å². The molecule has 2 atom stereocenters. The molecule has 5 nitrogen and oxygen atoms in total. The van der Waals surface area contributed by atoms with E-state index in [4.69, 9.17) is 69.6 Å². The van der Waals surface area contributed by atoms with Gasteiger partial charge in [0, 0.05) is 30.5 Å². The molecular formula is C23H15Cl6N3O2.